The van der Waals surface area contributed by atoms with Gasteiger partial charge in [0, 0.05) is 45.8 Å². The molecule has 1 amide bonds. The number of hydrogen-bond acceptors (Lipinski definition) is 8. The zero-order valence-corrected chi connectivity index (χ0v) is 20.6. The van der Waals surface area contributed by atoms with Gasteiger partial charge in [0.1, 0.15) is 11.3 Å². The Morgan fingerprint density at radius 1 is 0.944 bits per heavy atom. The first-order valence-corrected chi connectivity index (χ1v) is 11.8. The van der Waals surface area contributed by atoms with E-state index in [1.54, 1.807) is 11.0 Å². The fourth-order valence-corrected chi connectivity index (χ4v) is 4.43. The van der Waals surface area contributed by atoms with Crippen LogP contribution < -0.4 is 11.2 Å². The van der Waals surface area contributed by atoms with E-state index in [0.717, 1.165) is 15.7 Å². The van der Waals surface area contributed by atoms with E-state index in [1.165, 1.54) is 24.7 Å². The maximum absolute atomic E-state index is 13.2. The van der Waals surface area contributed by atoms with Gasteiger partial charge in [-0.05, 0) is 26.0 Å². The number of aromatic nitrogens is 5. The first kappa shape index (κ1) is 23.6. The van der Waals surface area contributed by atoms with Crippen LogP contribution in [0, 0.1) is 6.92 Å². The van der Waals surface area contributed by atoms with Crippen molar-refractivity contribution in [1.29, 1.82) is 0 Å². The molecule has 0 spiro atoms. The van der Waals surface area contributed by atoms with Crippen LogP contribution in [-0.4, -0.2) is 66.1 Å². The molecule has 1 fully saturated rings. The van der Waals surface area contributed by atoms with E-state index in [1.807, 2.05) is 38.1 Å². The van der Waals surface area contributed by atoms with Crippen molar-refractivity contribution in [3.8, 4) is 11.4 Å². The zero-order valence-electron chi connectivity index (χ0n) is 20.6. The fourth-order valence-electron chi connectivity index (χ4n) is 4.43. The Morgan fingerprint density at radius 2 is 1.64 bits per heavy atom. The van der Waals surface area contributed by atoms with Gasteiger partial charge >= 0.3 is 5.69 Å². The SMILES string of the molecule is Cc1ccc(-c2noc(C(C)N3CCN(C(=O)c4ccc5c(=O)n(C)c(=O)n(C)c5n4)CC3)n2)cc1. The van der Waals surface area contributed by atoms with Gasteiger partial charge in [-0.1, -0.05) is 35.0 Å². The second kappa shape index (κ2) is 9.15. The molecule has 11 heteroatoms. The number of rotatable bonds is 4. The molecule has 1 saturated heterocycles. The molecule has 0 saturated carbocycles. The summed E-state index contributed by atoms with van der Waals surface area (Å²) < 4.78 is 7.85. The number of benzene rings is 1. The van der Waals surface area contributed by atoms with Crippen LogP contribution in [0.1, 0.15) is 34.9 Å². The number of pyridine rings is 1. The quantitative estimate of drug-likeness (QED) is 0.423. The molecular weight excluding hydrogens is 462 g/mol. The number of piperazine rings is 1. The van der Waals surface area contributed by atoms with Crippen molar-refractivity contribution in [3.05, 3.63) is 74.4 Å². The average molecular weight is 490 g/mol. The predicted octanol–water partition coefficient (Wildman–Crippen LogP) is 1.51. The maximum atomic E-state index is 13.2. The van der Waals surface area contributed by atoms with E-state index < -0.39 is 11.2 Å². The maximum Gasteiger partial charge on any atom is 0.332 e. The molecule has 1 aromatic carbocycles. The molecule has 1 atom stereocenters. The van der Waals surface area contributed by atoms with Crippen molar-refractivity contribution in [3.63, 3.8) is 0 Å². The van der Waals surface area contributed by atoms with Gasteiger partial charge in [0.05, 0.1) is 11.4 Å². The minimum absolute atomic E-state index is 0.0986. The van der Waals surface area contributed by atoms with Crippen molar-refractivity contribution in [2.24, 2.45) is 14.1 Å². The van der Waals surface area contributed by atoms with Crippen LogP contribution in [0.5, 0.6) is 0 Å². The van der Waals surface area contributed by atoms with E-state index in [9.17, 15) is 14.4 Å². The second-order valence-corrected chi connectivity index (χ2v) is 9.10. The van der Waals surface area contributed by atoms with Crippen molar-refractivity contribution < 1.29 is 9.32 Å². The average Bonchev–Trinajstić information content (AvgIpc) is 3.40. The Labute approximate surface area is 206 Å². The first-order valence-electron chi connectivity index (χ1n) is 11.8. The molecule has 1 unspecified atom stereocenters. The summed E-state index contributed by atoms with van der Waals surface area (Å²) in [5.41, 5.74) is 1.54. The fraction of sp³-hybridized carbons (Fsp3) is 0.360. The van der Waals surface area contributed by atoms with Gasteiger partial charge in [0.2, 0.25) is 11.7 Å². The van der Waals surface area contributed by atoms with Gasteiger partial charge in [0.15, 0.2) is 0 Å². The summed E-state index contributed by atoms with van der Waals surface area (Å²) in [7, 11) is 2.95. The molecular formula is C25H27N7O4. The van der Waals surface area contributed by atoms with E-state index in [0.29, 0.717) is 43.3 Å². The normalized spacial score (nSPS) is 15.4. The number of nitrogens with zero attached hydrogens (tertiary/aromatic N) is 7. The molecule has 0 bridgehead atoms. The van der Waals surface area contributed by atoms with Crippen LogP contribution in [0.2, 0.25) is 0 Å². The molecule has 0 radical (unpaired) electrons. The number of hydrogen-bond donors (Lipinski definition) is 0. The third kappa shape index (κ3) is 4.11. The van der Waals surface area contributed by atoms with Gasteiger partial charge in [-0.2, -0.15) is 4.98 Å². The van der Waals surface area contributed by atoms with Crippen molar-refractivity contribution in [1.82, 2.24) is 34.1 Å². The third-order valence-corrected chi connectivity index (χ3v) is 6.78. The van der Waals surface area contributed by atoms with E-state index in [4.69, 9.17) is 4.52 Å². The molecule has 1 aliphatic heterocycles. The topological polar surface area (TPSA) is 119 Å². The van der Waals surface area contributed by atoms with Gasteiger partial charge in [-0.25, -0.2) is 9.78 Å². The summed E-state index contributed by atoms with van der Waals surface area (Å²) in [5.74, 6) is 0.845. The van der Waals surface area contributed by atoms with Crippen LogP contribution in [-0.2, 0) is 14.1 Å². The van der Waals surface area contributed by atoms with Gasteiger partial charge in [0.25, 0.3) is 11.5 Å². The Hall–Kier alpha value is -4.12. The molecule has 3 aromatic heterocycles. The highest BCUT2D eigenvalue weighted by atomic mass is 16.5. The standard InChI is InChI=1S/C25H27N7O4/c1-15-5-7-17(8-6-15)20-27-22(36-28-20)16(2)31-11-13-32(14-12-31)24(34)19-10-9-18-21(26-19)29(3)25(35)30(4)23(18)33/h5-10,16H,11-14H2,1-4H3. The Morgan fingerprint density at radius 3 is 2.33 bits per heavy atom. The molecule has 4 aromatic rings. The van der Waals surface area contributed by atoms with Crippen LogP contribution in [0.15, 0.2) is 50.5 Å². The zero-order chi connectivity index (χ0) is 25.6. The molecule has 36 heavy (non-hydrogen) atoms. The predicted molar refractivity (Wildman–Crippen MR) is 133 cm³/mol. The smallest absolute Gasteiger partial charge is 0.332 e. The van der Waals surface area contributed by atoms with Crippen molar-refractivity contribution in [2.75, 3.05) is 26.2 Å². The Kier molecular flexibility index (Phi) is 6.00. The highest BCUT2D eigenvalue weighted by Crippen LogP contribution is 2.24. The Bertz CT molecular complexity index is 1560. The van der Waals surface area contributed by atoms with Gasteiger partial charge in [-0.3, -0.25) is 23.6 Å². The van der Waals surface area contributed by atoms with Gasteiger partial charge < -0.3 is 9.42 Å². The molecule has 0 N–H and O–H groups in total. The minimum atomic E-state index is -0.487. The third-order valence-electron chi connectivity index (χ3n) is 6.78. The molecule has 11 nitrogen and oxygen atoms in total. The highest BCUT2D eigenvalue weighted by molar-refractivity contribution is 5.94. The summed E-state index contributed by atoms with van der Waals surface area (Å²) in [5, 5.41) is 4.42. The largest absolute Gasteiger partial charge is 0.337 e. The van der Waals surface area contributed by atoms with Crippen LogP contribution >= 0.6 is 0 Å². The molecule has 1 aliphatic rings. The van der Waals surface area contributed by atoms with E-state index in [2.05, 4.69) is 20.0 Å². The molecule has 0 aliphatic carbocycles. The van der Waals surface area contributed by atoms with Crippen molar-refractivity contribution >= 4 is 16.9 Å². The van der Waals surface area contributed by atoms with Crippen LogP contribution in [0.4, 0.5) is 0 Å². The lowest BCUT2D eigenvalue weighted by Crippen LogP contribution is -2.49. The Balaban J connectivity index is 1.28. The van der Waals surface area contributed by atoms with E-state index >= 15 is 0 Å². The lowest BCUT2D eigenvalue weighted by Gasteiger charge is -2.36. The van der Waals surface area contributed by atoms with E-state index in [-0.39, 0.29) is 23.3 Å². The second-order valence-electron chi connectivity index (χ2n) is 9.10. The molecule has 4 heterocycles. The molecule has 5 rings (SSSR count). The summed E-state index contributed by atoms with van der Waals surface area (Å²) in [6.07, 6.45) is 0. The summed E-state index contributed by atoms with van der Waals surface area (Å²) in [6.45, 7) is 6.28. The number of carbonyl (C=O) groups is 1. The molecule has 186 valence electrons. The number of fused-ring (bicyclic) bond motifs is 1. The lowest BCUT2D eigenvalue weighted by molar-refractivity contribution is 0.0547. The van der Waals surface area contributed by atoms with Gasteiger partial charge in [-0.15, -0.1) is 0 Å². The lowest BCUT2D eigenvalue weighted by atomic mass is 10.1. The summed E-state index contributed by atoms with van der Waals surface area (Å²) in [4.78, 5) is 50.7. The number of aryl methyl sites for hydroxylation is 2. The number of amides is 1. The minimum Gasteiger partial charge on any atom is -0.337 e. The van der Waals surface area contributed by atoms with Crippen LogP contribution in [0.25, 0.3) is 22.4 Å². The summed E-state index contributed by atoms with van der Waals surface area (Å²) >= 11 is 0. The first-order chi connectivity index (χ1) is 17.2. The number of carbonyl (C=O) groups excluding carboxylic acids is 1. The monoisotopic (exact) mass is 489 g/mol. The highest BCUT2D eigenvalue weighted by Gasteiger charge is 2.29. The van der Waals surface area contributed by atoms with Crippen LogP contribution in [0.3, 0.4) is 0 Å². The summed E-state index contributed by atoms with van der Waals surface area (Å²) in [6, 6.07) is 10.9. The van der Waals surface area contributed by atoms with Crippen molar-refractivity contribution in [2.45, 2.75) is 19.9 Å².